The molecule has 1 heterocycles. The molecule has 1 aliphatic rings. The van der Waals surface area contributed by atoms with Crippen LogP contribution in [0, 0.1) is 0 Å². The lowest BCUT2D eigenvalue weighted by Crippen LogP contribution is -2.48. The molecular weight excluding hydrogens is 256 g/mol. The van der Waals surface area contributed by atoms with Gasteiger partial charge in [0.2, 0.25) is 0 Å². The third-order valence-corrected chi connectivity index (χ3v) is 3.54. The van der Waals surface area contributed by atoms with Gasteiger partial charge in [-0.25, -0.2) is 9.59 Å². The van der Waals surface area contributed by atoms with Crippen molar-refractivity contribution in [2.75, 3.05) is 11.4 Å². The van der Waals surface area contributed by atoms with E-state index in [2.05, 4.69) is 12.2 Å². The second kappa shape index (κ2) is 6.41. The Morgan fingerprint density at radius 1 is 1.35 bits per heavy atom. The minimum absolute atomic E-state index is 0.321. The van der Waals surface area contributed by atoms with Crippen molar-refractivity contribution in [2.45, 2.75) is 38.6 Å². The number of nitrogens with one attached hydrogen (secondary N) is 1. The van der Waals surface area contributed by atoms with Crippen LogP contribution in [0.3, 0.4) is 0 Å². The van der Waals surface area contributed by atoms with Crippen molar-refractivity contribution < 1.29 is 14.7 Å². The third-order valence-electron chi connectivity index (χ3n) is 3.54. The van der Waals surface area contributed by atoms with E-state index in [-0.39, 0.29) is 6.03 Å². The molecule has 0 aromatic heterocycles. The summed E-state index contributed by atoms with van der Waals surface area (Å²) in [5, 5.41) is 12.1. The molecule has 0 saturated heterocycles. The van der Waals surface area contributed by atoms with E-state index < -0.39 is 12.0 Å². The van der Waals surface area contributed by atoms with Gasteiger partial charge in [-0.05, 0) is 18.1 Å². The van der Waals surface area contributed by atoms with Crippen LogP contribution < -0.4 is 10.2 Å². The van der Waals surface area contributed by atoms with E-state index in [0.29, 0.717) is 18.7 Å². The van der Waals surface area contributed by atoms with Gasteiger partial charge < -0.3 is 10.4 Å². The fourth-order valence-electron chi connectivity index (χ4n) is 2.49. The number of benzene rings is 1. The average Bonchev–Trinajstić information content (AvgIpc) is 2.83. The summed E-state index contributed by atoms with van der Waals surface area (Å²) in [5.41, 5.74) is 1.61. The van der Waals surface area contributed by atoms with Crippen LogP contribution in [0.15, 0.2) is 24.3 Å². The number of unbranched alkanes of at least 4 members (excludes halogenated alkanes) is 2. The number of aliphatic carboxylic acids is 1. The molecule has 1 aliphatic heterocycles. The first-order chi connectivity index (χ1) is 9.65. The molecule has 1 atom stereocenters. The number of hydrogen-bond acceptors (Lipinski definition) is 2. The fourth-order valence-corrected chi connectivity index (χ4v) is 2.49. The van der Waals surface area contributed by atoms with Gasteiger partial charge in [-0.15, -0.1) is 0 Å². The molecule has 0 bridgehead atoms. The highest BCUT2D eigenvalue weighted by molar-refractivity contribution is 6.01. The second-order valence-electron chi connectivity index (χ2n) is 5.00. The zero-order valence-corrected chi connectivity index (χ0v) is 11.6. The van der Waals surface area contributed by atoms with Crippen molar-refractivity contribution in [1.29, 1.82) is 0 Å². The molecule has 0 radical (unpaired) electrons. The summed E-state index contributed by atoms with van der Waals surface area (Å²) in [5.74, 6) is -0.968. The first-order valence-corrected chi connectivity index (χ1v) is 7.03. The average molecular weight is 276 g/mol. The number of amides is 2. The highest BCUT2D eigenvalue weighted by atomic mass is 16.4. The predicted octanol–water partition coefficient (Wildman–Crippen LogP) is 2.40. The van der Waals surface area contributed by atoms with Gasteiger partial charge in [0.25, 0.3) is 0 Å². The number of para-hydroxylation sites is 1. The SMILES string of the molecule is CCCCCNC(=O)N1c2ccccc2C[C@H]1C(=O)O. The Hall–Kier alpha value is -2.04. The van der Waals surface area contributed by atoms with Crippen LogP contribution >= 0.6 is 0 Å². The molecule has 0 aliphatic carbocycles. The predicted molar refractivity (Wildman–Crippen MR) is 77.0 cm³/mol. The molecular formula is C15H20N2O3. The highest BCUT2D eigenvalue weighted by Crippen LogP contribution is 2.32. The monoisotopic (exact) mass is 276 g/mol. The summed E-state index contributed by atoms with van der Waals surface area (Å²) in [4.78, 5) is 24.9. The van der Waals surface area contributed by atoms with Gasteiger partial charge in [-0.1, -0.05) is 38.0 Å². The number of carboxylic acid groups (broad SMARTS) is 1. The molecule has 1 aromatic rings. The highest BCUT2D eigenvalue weighted by Gasteiger charge is 2.38. The maximum Gasteiger partial charge on any atom is 0.327 e. The summed E-state index contributed by atoms with van der Waals surface area (Å²) in [6, 6.07) is 6.22. The fraction of sp³-hybridized carbons (Fsp3) is 0.467. The van der Waals surface area contributed by atoms with E-state index in [1.165, 1.54) is 4.90 Å². The largest absolute Gasteiger partial charge is 0.480 e. The lowest BCUT2D eigenvalue weighted by Gasteiger charge is -2.23. The van der Waals surface area contributed by atoms with Gasteiger partial charge in [0.05, 0.1) is 0 Å². The number of rotatable bonds is 5. The minimum atomic E-state index is -0.968. The van der Waals surface area contributed by atoms with Gasteiger partial charge >= 0.3 is 12.0 Å². The lowest BCUT2D eigenvalue weighted by molar-refractivity contribution is -0.138. The molecule has 0 spiro atoms. The molecule has 2 N–H and O–H groups in total. The van der Waals surface area contributed by atoms with Gasteiger partial charge in [0, 0.05) is 18.7 Å². The number of anilines is 1. The molecule has 5 heteroatoms. The number of fused-ring (bicyclic) bond motifs is 1. The van der Waals surface area contributed by atoms with Gasteiger partial charge in [-0.3, -0.25) is 4.90 Å². The molecule has 2 amide bonds. The minimum Gasteiger partial charge on any atom is -0.480 e. The Labute approximate surface area is 118 Å². The van der Waals surface area contributed by atoms with Crippen molar-refractivity contribution >= 4 is 17.7 Å². The molecule has 0 fully saturated rings. The topological polar surface area (TPSA) is 69.6 Å². The molecule has 20 heavy (non-hydrogen) atoms. The van der Waals surface area contributed by atoms with E-state index in [1.807, 2.05) is 18.2 Å². The number of carbonyl (C=O) groups excluding carboxylic acids is 1. The molecule has 108 valence electrons. The van der Waals surface area contributed by atoms with Crippen molar-refractivity contribution in [3.8, 4) is 0 Å². The number of urea groups is 1. The van der Waals surface area contributed by atoms with Crippen LogP contribution in [0.4, 0.5) is 10.5 Å². The molecule has 1 aromatic carbocycles. The van der Waals surface area contributed by atoms with Crippen LogP contribution in [-0.2, 0) is 11.2 Å². The van der Waals surface area contributed by atoms with Crippen LogP contribution in [0.25, 0.3) is 0 Å². The number of nitrogens with zero attached hydrogens (tertiary/aromatic N) is 1. The van der Waals surface area contributed by atoms with Crippen LogP contribution in [0.1, 0.15) is 31.7 Å². The normalized spacial score (nSPS) is 16.9. The van der Waals surface area contributed by atoms with Crippen molar-refractivity contribution in [3.05, 3.63) is 29.8 Å². The van der Waals surface area contributed by atoms with Crippen LogP contribution in [0.5, 0.6) is 0 Å². The van der Waals surface area contributed by atoms with E-state index in [0.717, 1.165) is 24.8 Å². The lowest BCUT2D eigenvalue weighted by atomic mass is 10.1. The number of hydrogen-bond donors (Lipinski definition) is 2. The zero-order chi connectivity index (χ0) is 14.5. The number of carboxylic acids is 1. The smallest absolute Gasteiger partial charge is 0.327 e. The third kappa shape index (κ3) is 2.92. The Morgan fingerprint density at radius 2 is 2.10 bits per heavy atom. The standard InChI is InChI=1S/C15H20N2O3/c1-2-3-6-9-16-15(20)17-12-8-5-4-7-11(12)10-13(17)14(18)19/h4-5,7-8,13H,2-3,6,9-10H2,1H3,(H,16,20)(H,18,19)/t13-/m0/s1. The Balaban J connectivity index is 2.10. The summed E-state index contributed by atoms with van der Waals surface area (Å²) in [7, 11) is 0. The first-order valence-electron chi connectivity index (χ1n) is 7.03. The maximum atomic E-state index is 12.2. The summed E-state index contributed by atoms with van der Waals surface area (Å²) >= 11 is 0. The summed E-state index contributed by atoms with van der Waals surface area (Å²) < 4.78 is 0. The molecule has 0 saturated carbocycles. The van der Waals surface area contributed by atoms with E-state index in [4.69, 9.17) is 0 Å². The van der Waals surface area contributed by atoms with Crippen molar-refractivity contribution in [1.82, 2.24) is 5.32 Å². The molecule has 0 unspecified atom stereocenters. The van der Waals surface area contributed by atoms with E-state index >= 15 is 0 Å². The van der Waals surface area contributed by atoms with E-state index in [9.17, 15) is 14.7 Å². The Morgan fingerprint density at radius 3 is 2.80 bits per heavy atom. The van der Waals surface area contributed by atoms with Crippen LogP contribution in [0.2, 0.25) is 0 Å². The molecule has 2 rings (SSSR count). The van der Waals surface area contributed by atoms with Gasteiger partial charge in [0.15, 0.2) is 0 Å². The second-order valence-corrected chi connectivity index (χ2v) is 5.00. The van der Waals surface area contributed by atoms with Crippen molar-refractivity contribution in [2.24, 2.45) is 0 Å². The quantitative estimate of drug-likeness (QED) is 0.811. The van der Waals surface area contributed by atoms with Gasteiger partial charge in [-0.2, -0.15) is 0 Å². The number of carbonyl (C=O) groups is 2. The maximum absolute atomic E-state index is 12.2. The van der Waals surface area contributed by atoms with E-state index in [1.54, 1.807) is 6.07 Å². The molecule has 5 nitrogen and oxygen atoms in total. The van der Waals surface area contributed by atoms with Crippen molar-refractivity contribution in [3.63, 3.8) is 0 Å². The Bertz CT molecular complexity index is 502. The Kier molecular flexibility index (Phi) is 4.61. The first kappa shape index (κ1) is 14.4. The zero-order valence-electron chi connectivity index (χ0n) is 11.6. The summed E-state index contributed by atoms with van der Waals surface area (Å²) in [6.07, 6.45) is 3.42. The van der Waals surface area contributed by atoms with Crippen LogP contribution in [-0.4, -0.2) is 29.7 Å². The van der Waals surface area contributed by atoms with Gasteiger partial charge in [0.1, 0.15) is 6.04 Å². The summed E-state index contributed by atoms with van der Waals surface area (Å²) in [6.45, 7) is 2.68.